The van der Waals surface area contributed by atoms with E-state index in [1.54, 1.807) is 19.4 Å². The molecule has 6 heteroatoms. The van der Waals surface area contributed by atoms with Crippen LogP contribution in [0.25, 0.3) is 0 Å². The highest BCUT2D eigenvalue weighted by Crippen LogP contribution is 2.13. The molecule has 0 aliphatic heterocycles. The first kappa shape index (κ1) is 18.0. The summed E-state index contributed by atoms with van der Waals surface area (Å²) < 4.78 is 15.7. The molecule has 0 saturated carbocycles. The second-order valence-corrected chi connectivity index (χ2v) is 5.39. The molecule has 1 aromatic heterocycles. The van der Waals surface area contributed by atoms with Crippen LogP contribution >= 0.6 is 0 Å². The van der Waals surface area contributed by atoms with Gasteiger partial charge in [0, 0.05) is 13.7 Å². The number of hydrogen-bond acceptors (Lipinski definition) is 5. The van der Waals surface area contributed by atoms with Gasteiger partial charge in [0.15, 0.2) is 0 Å². The number of nitrogens with one attached hydrogen (secondary N) is 2. The van der Waals surface area contributed by atoms with E-state index in [0.29, 0.717) is 26.3 Å². The van der Waals surface area contributed by atoms with Gasteiger partial charge < -0.3 is 24.5 Å². The molecule has 1 unspecified atom stereocenters. The van der Waals surface area contributed by atoms with Crippen LogP contribution in [0.1, 0.15) is 18.2 Å². The van der Waals surface area contributed by atoms with Crippen molar-refractivity contribution in [2.24, 2.45) is 0 Å². The van der Waals surface area contributed by atoms with Gasteiger partial charge >= 0.3 is 0 Å². The summed E-state index contributed by atoms with van der Waals surface area (Å²) in [6.45, 7) is 3.86. The lowest BCUT2D eigenvalue weighted by molar-refractivity contribution is -0.123. The van der Waals surface area contributed by atoms with Gasteiger partial charge in [0.25, 0.3) is 0 Å². The maximum absolute atomic E-state index is 12.0. The van der Waals surface area contributed by atoms with Gasteiger partial charge in [-0.1, -0.05) is 12.1 Å². The van der Waals surface area contributed by atoms with E-state index in [9.17, 15) is 4.79 Å². The summed E-state index contributed by atoms with van der Waals surface area (Å²) in [6.07, 6.45) is 1.59. The lowest BCUT2D eigenvalue weighted by Gasteiger charge is -2.14. The largest absolute Gasteiger partial charge is 0.491 e. The second-order valence-electron chi connectivity index (χ2n) is 5.39. The van der Waals surface area contributed by atoms with Gasteiger partial charge in [-0.25, -0.2) is 0 Å². The lowest BCUT2D eigenvalue weighted by Crippen LogP contribution is -2.41. The maximum Gasteiger partial charge on any atom is 0.237 e. The molecule has 0 fully saturated rings. The minimum Gasteiger partial charge on any atom is -0.491 e. The number of benzene rings is 1. The number of furan rings is 1. The number of amides is 1. The van der Waals surface area contributed by atoms with E-state index < -0.39 is 0 Å². The smallest absolute Gasteiger partial charge is 0.237 e. The molecular weight excluding hydrogens is 308 g/mol. The second kappa shape index (κ2) is 9.75. The van der Waals surface area contributed by atoms with E-state index >= 15 is 0 Å². The van der Waals surface area contributed by atoms with Crippen molar-refractivity contribution in [2.45, 2.75) is 26.1 Å². The van der Waals surface area contributed by atoms with Gasteiger partial charge in [-0.15, -0.1) is 0 Å². The van der Waals surface area contributed by atoms with Crippen molar-refractivity contribution < 1.29 is 18.7 Å². The highest BCUT2D eigenvalue weighted by atomic mass is 16.5. The van der Waals surface area contributed by atoms with Crippen LogP contribution in [0.15, 0.2) is 47.1 Å². The van der Waals surface area contributed by atoms with Crippen LogP contribution in [0, 0.1) is 0 Å². The van der Waals surface area contributed by atoms with Crippen molar-refractivity contribution >= 4 is 5.91 Å². The molecule has 24 heavy (non-hydrogen) atoms. The van der Waals surface area contributed by atoms with Gasteiger partial charge in [-0.3, -0.25) is 4.79 Å². The summed E-state index contributed by atoms with van der Waals surface area (Å²) in [5.41, 5.74) is 1.05. The molecule has 0 spiro atoms. The van der Waals surface area contributed by atoms with E-state index in [4.69, 9.17) is 13.9 Å². The Labute approximate surface area is 142 Å². The molecule has 0 bridgehead atoms. The van der Waals surface area contributed by atoms with Crippen LogP contribution in [-0.4, -0.2) is 32.3 Å². The first-order valence-corrected chi connectivity index (χ1v) is 7.93. The summed E-state index contributed by atoms with van der Waals surface area (Å²) in [7, 11) is 1.64. The van der Waals surface area contributed by atoms with Gasteiger partial charge in [-0.2, -0.15) is 0 Å². The molecular formula is C18H24N2O4. The molecule has 1 atom stereocenters. The third-order valence-electron chi connectivity index (χ3n) is 3.48. The quantitative estimate of drug-likeness (QED) is 0.652. The molecule has 6 nitrogen and oxygen atoms in total. The zero-order valence-corrected chi connectivity index (χ0v) is 14.1. The highest BCUT2D eigenvalue weighted by Gasteiger charge is 2.12. The monoisotopic (exact) mass is 332 g/mol. The van der Waals surface area contributed by atoms with Crippen LogP contribution in [0.5, 0.6) is 5.75 Å². The summed E-state index contributed by atoms with van der Waals surface area (Å²) in [5, 5.41) is 6.03. The van der Waals surface area contributed by atoms with Crippen LogP contribution in [0.4, 0.5) is 0 Å². The fraction of sp³-hybridized carbons (Fsp3) is 0.389. The molecule has 130 valence electrons. The SMILES string of the molecule is COCCOc1cccc(CNC(C)C(=O)NCc2ccco2)c1. The molecule has 0 radical (unpaired) electrons. The average molecular weight is 332 g/mol. The van der Waals surface area contributed by atoms with Crippen molar-refractivity contribution in [3.05, 3.63) is 54.0 Å². The van der Waals surface area contributed by atoms with Crippen LogP contribution in [0.2, 0.25) is 0 Å². The predicted molar refractivity (Wildman–Crippen MR) is 90.7 cm³/mol. The van der Waals surface area contributed by atoms with Gasteiger partial charge in [-0.05, 0) is 36.8 Å². The van der Waals surface area contributed by atoms with Crippen LogP contribution < -0.4 is 15.4 Å². The number of ether oxygens (including phenoxy) is 2. The number of methoxy groups -OCH3 is 1. The Kier molecular flexibility index (Phi) is 7.32. The third-order valence-corrected chi connectivity index (χ3v) is 3.48. The zero-order valence-electron chi connectivity index (χ0n) is 14.1. The molecule has 1 aromatic carbocycles. The summed E-state index contributed by atoms with van der Waals surface area (Å²) in [4.78, 5) is 12.0. The molecule has 2 rings (SSSR count). The van der Waals surface area contributed by atoms with E-state index in [-0.39, 0.29) is 11.9 Å². The summed E-state index contributed by atoms with van der Waals surface area (Å²) >= 11 is 0. The van der Waals surface area contributed by atoms with E-state index in [1.807, 2.05) is 37.3 Å². The highest BCUT2D eigenvalue weighted by molar-refractivity contribution is 5.81. The molecule has 2 aromatic rings. The first-order chi connectivity index (χ1) is 11.7. The standard InChI is InChI=1S/C18H24N2O4/c1-14(18(21)20-13-17-7-4-8-23-17)19-12-15-5-3-6-16(11-15)24-10-9-22-2/h3-8,11,14,19H,9-10,12-13H2,1-2H3,(H,20,21). The molecule has 0 saturated heterocycles. The number of hydrogen-bond donors (Lipinski definition) is 2. The zero-order chi connectivity index (χ0) is 17.2. The summed E-state index contributed by atoms with van der Waals surface area (Å²) in [6, 6.07) is 11.1. The Balaban J connectivity index is 1.75. The summed E-state index contributed by atoms with van der Waals surface area (Å²) in [5.74, 6) is 1.46. The molecule has 0 aliphatic carbocycles. The van der Waals surface area contributed by atoms with Crippen molar-refractivity contribution in [3.8, 4) is 5.75 Å². The number of carbonyl (C=O) groups excluding carboxylic acids is 1. The van der Waals surface area contributed by atoms with E-state index in [0.717, 1.165) is 17.1 Å². The number of carbonyl (C=O) groups is 1. The van der Waals surface area contributed by atoms with Gasteiger partial charge in [0.2, 0.25) is 5.91 Å². The third kappa shape index (κ3) is 6.06. The van der Waals surface area contributed by atoms with Crippen molar-refractivity contribution in [3.63, 3.8) is 0 Å². The molecule has 1 heterocycles. The van der Waals surface area contributed by atoms with Crippen LogP contribution in [-0.2, 0) is 22.6 Å². The average Bonchev–Trinajstić information content (AvgIpc) is 3.11. The first-order valence-electron chi connectivity index (χ1n) is 7.93. The fourth-order valence-electron chi connectivity index (χ4n) is 2.09. The Morgan fingerprint density at radius 1 is 1.21 bits per heavy atom. The lowest BCUT2D eigenvalue weighted by atomic mass is 10.2. The Bertz CT molecular complexity index is 613. The van der Waals surface area contributed by atoms with E-state index in [1.165, 1.54) is 0 Å². The van der Waals surface area contributed by atoms with Crippen molar-refractivity contribution in [2.75, 3.05) is 20.3 Å². The van der Waals surface area contributed by atoms with Gasteiger partial charge in [0.1, 0.15) is 18.1 Å². The van der Waals surface area contributed by atoms with Crippen molar-refractivity contribution in [1.29, 1.82) is 0 Å². The molecule has 0 aliphatic rings. The molecule has 2 N–H and O–H groups in total. The van der Waals surface area contributed by atoms with E-state index in [2.05, 4.69) is 10.6 Å². The Hall–Kier alpha value is -2.31. The topological polar surface area (TPSA) is 72.7 Å². The maximum atomic E-state index is 12.0. The Morgan fingerprint density at radius 3 is 2.83 bits per heavy atom. The van der Waals surface area contributed by atoms with Gasteiger partial charge in [0.05, 0.1) is 25.5 Å². The Morgan fingerprint density at radius 2 is 2.08 bits per heavy atom. The number of rotatable bonds is 10. The van der Waals surface area contributed by atoms with Crippen LogP contribution in [0.3, 0.4) is 0 Å². The minimum atomic E-state index is -0.307. The fourth-order valence-corrected chi connectivity index (χ4v) is 2.09. The normalized spacial score (nSPS) is 11.9. The minimum absolute atomic E-state index is 0.0705. The van der Waals surface area contributed by atoms with Crippen molar-refractivity contribution in [1.82, 2.24) is 10.6 Å². The molecule has 1 amide bonds. The predicted octanol–water partition coefficient (Wildman–Crippen LogP) is 2.10.